The van der Waals surface area contributed by atoms with Crippen molar-refractivity contribution in [1.82, 2.24) is 15.1 Å². The fourth-order valence-corrected chi connectivity index (χ4v) is 3.63. The van der Waals surface area contributed by atoms with Gasteiger partial charge in [0, 0.05) is 39.4 Å². The third kappa shape index (κ3) is 4.71. The molecule has 0 aromatic carbocycles. The summed E-state index contributed by atoms with van der Waals surface area (Å²) in [5.41, 5.74) is 0. The Morgan fingerprint density at radius 3 is 2.95 bits per heavy atom. The summed E-state index contributed by atoms with van der Waals surface area (Å²) in [5.74, 6) is 0.918. The van der Waals surface area contributed by atoms with Gasteiger partial charge in [0.2, 0.25) is 0 Å². The van der Waals surface area contributed by atoms with Gasteiger partial charge < -0.3 is 19.9 Å². The van der Waals surface area contributed by atoms with Gasteiger partial charge >= 0.3 is 0 Å². The average molecular weight is 269 g/mol. The zero-order chi connectivity index (χ0) is 13.5. The normalized spacial score (nSPS) is 29.4. The number of piperidine rings is 2. The predicted molar refractivity (Wildman–Crippen MR) is 79.6 cm³/mol. The first-order valence-corrected chi connectivity index (χ1v) is 7.93. The highest BCUT2D eigenvalue weighted by Crippen LogP contribution is 2.29. The number of hydrogen-bond acceptors (Lipinski definition) is 4. The van der Waals surface area contributed by atoms with Gasteiger partial charge in [0.05, 0.1) is 0 Å². The van der Waals surface area contributed by atoms with Crippen LogP contribution in [0.25, 0.3) is 0 Å². The molecular formula is C15H31N3O. The predicted octanol–water partition coefficient (Wildman–Crippen LogP) is 1.03. The molecule has 2 aliphatic heterocycles. The zero-order valence-corrected chi connectivity index (χ0v) is 12.7. The molecule has 0 aromatic rings. The average Bonchev–Trinajstić information content (AvgIpc) is 2.43. The molecule has 0 bridgehead atoms. The van der Waals surface area contributed by atoms with Crippen LogP contribution >= 0.6 is 0 Å². The van der Waals surface area contributed by atoms with E-state index in [1.165, 1.54) is 45.4 Å². The molecular weight excluding hydrogens is 238 g/mol. The van der Waals surface area contributed by atoms with Crippen molar-refractivity contribution in [2.45, 2.75) is 31.7 Å². The van der Waals surface area contributed by atoms with Crippen molar-refractivity contribution in [1.29, 1.82) is 0 Å². The lowest BCUT2D eigenvalue weighted by molar-refractivity contribution is 0.0391. The molecule has 0 saturated carbocycles. The molecule has 2 unspecified atom stereocenters. The maximum absolute atomic E-state index is 5.05. The molecule has 2 atom stereocenters. The van der Waals surface area contributed by atoms with Gasteiger partial charge in [-0.15, -0.1) is 0 Å². The quantitative estimate of drug-likeness (QED) is 0.699. The first-order valence-electron chi connectivity index (χ1n) is 7.93. The Kier molecular flexibility index (Phi) is 6.57. The number of rotatable bonds is 7. The van der Waals surface area contributed by atoms with Crippen LogP contribution in [0.4, 0.5) is 0 Å². The van der Waals surface area contributed by atoms with Crippen molar-refractivity contribution in [3.8, 4) is 0 Å². The molecule has 1 N–H and O–H groups in total. The molecule has 112 valence electrons. The molecule has 0 amide bonds. The van der Waals surface area contributed by atoms with Crippen molar-refractivity contribution in [2.75, 3.05) is 60.0 Å². The summed E-state index contributed by atoms with van der Waals surface area (Å²) in [6.45, 7) is 8.18. The summed E-state index contributed by atoms with van der Waals surface area (Å²) in [6.07, 6.45) is 5.31. The Bertz CT molecular complexity index is 250. The second-order valence-corrected chi connectivity index (χ2v) is 6.14. The van der Waals surface area contributed by atoms with Gasteiger partial charge in [-0.1, -0.05) is 0 Å². The molecule has 2 fully saturated rings. The van der Waals surface area contributed by atoms with E-state index in [-0.39, 0.29) is 0 Å². The first-order chi connectivity index (χ1) is 9.31. The Morgan fingerprint density at radius 1 is 1.21 bits per heavy atom. The molecule has 0 radical (unpaired) electrons. The fourth-order valence-electron chi connectivity index (χ4n) is 3.63. The molecule has 4 heteroatoms. The van der Waals surface area contributed by atoms with Gasteiger partial charge in [0.1, 0.15) is 0 Å². The van der Waals surface area contributed by atoms with Crippen LogP contribution in [0, 0.1) is 5.92 Å². The van der Waals surface area contributed by atoms with E-state index in [4.69, 9.17) is 4.74 Å². The summed E-state index contributed by atoms with van der Waals surface area (Å²) in [4.78, 5) is 5.25. The Hall–Kier alpha value is -0.160. The summed E-state index contributed by atoms with van der Waals surface area (Å²) in [7, 11) is 4.08. The Balaban J connectivity index is 1.59. The molecule has 2 rings (SSSR count). The molecule has 2 heterocycles. The maximum atomic E-state index is 5.05. The lowest BCUT2D eigenvalue weighted by atomic mass is 9.84. The van der Waals surface area contributed by atoms with E-state index in [1.54, 1.807) is 7.11 Å². The molecule has 0 aromatic heterocycles. The van der Waals surface area contributed by atoms with Crippen LogP contribution in [-0.4, -0.2) is 75.9 Å². The van der Waals surface area contributed by atoms with Crippen molar-refractivity contribution in [3.05, 3.63) is 0 Å². The van der Waals surface area contributed by atoms with Crippen LogP contribution in [0.15, 0.2) is 0 Å². The number of fused-ring (bicyclic) bond motifs is 1. The number of methoxy groups -OCH3 is 1. The monoisotopic (exact) mass is 269 g/mol. The maximum Gasteiger partial charge on any atom is 0.0474 e. The van der Waals surface area contributed by atoms with Crippen LogP contribution in [0.3, 0.4) is 0 Å². The molecule has 4 nitrogen and oxygen atoms in total. The summed E-state index contributed by atoms with van der Waals surface area (Å²) >= 11 is 0. The lowest BCUT2D eigenvalue weighted by Gasteiger charge is -2.46. The topological polar surface area (TPSA) is 27.7 Å². The number of ether oxygens (including phenoxy) is 1. The van der Waals surface area contributed by atoms with E-state index < -0.39 is 0 Å². The highest BCUT2D eigenvalue weighted by Gasteiger charge is 2.33. The molecule has 19 heavy (non-hydrogen) atoms. The molecule has 2 aliphatic rings. The van der Waals surface area contributed by atoms with E-state index in [0.717, 1.165) is 38.1 Å². The van der Waals surface area contributed by atoms with Gasteiger partial charge in [-0.3, -0.25) is 0 Å². The van der Waals surface area contributed by atoms with Crippen LogP contribution in [-0.2, 0) is 4.74 Å². The van der Waals surface area contributed by atoms with Crippen LogP contribution < -0.4 is 5.32 Å². The SMILES string of the molecule is COCCCNCCN1CCC2C(CCCN2C)C1. The largest absolute Gasteiger partial charge is 0.385 e. The first kappa shape index (κ1) is 15.2. The van der Waals surface area contributed by atoms with Gasteiger partial charge in [0.25, 0.3) is 0 Å². The second-order valence-electron chi connectivity index (χ2n) is 6.14. The van der Waals surface area contributed by atoms with Crippen LogP contribution in [0.5, 0.6) is 0 Å². The highest BCUT2D eigenvalue weighted by atomic mass is 16.5. The van der Waals surface area contributed by atoms with Crippen molar-refractivity contribution in [2.24, 2.45) is 5.92 Å². The third-order valence-electron chi connectivity index (χ3n) is 4.74. The van der Waals surface area contributed by atoms with Crippen molar-refractivity contribution in [3.63, 3.8) is 0 Å². The van der Waals surface area contributed by atoms with E-state index in [0.29, 0.717) is 0 Å². The molecule has 0 spiro atoms. The fraction of sp³-hybridized carbons (Fsp3) is 1.00. The summed E-state index contributed by atoms with van der Waals surface area (Å²) in [6, 6.07) is 0.861. The second kappa shape index (κ2) is 8.20. The smallest absolute Gasteiger partial charge is 0.0474 e. The third-order valence-corrected chi connectivity index (χ3v) is 4.74. The Morgan fingerprint density at radius 2 is 2.11 bits per heavy atom. The van der Waals surface area contributed by atoms with E-state index in [9.17, 15) is 0 Å². The summed E-state index contributed by atoms with van der Waals surface area (Å²) in [5, 5.41) is 3.52. The number of likely N-dealkylation sites (tertiary alicyclic amines) is 2. The van der Waals surface area contributed by atoms with Gasteiger partial charge in [-0.05, 0) is 58.3 Å². The highest BCUT2D eigenvalue weighted by molar-refractivity contribution is 4.89. The minimum atomic E-state index is 0.861. The van der Waals surface area contributed by atoms with Crippen molar-refractivity contribution >= 4 is 0 Å². The number of nitrogens with one attached hydrogen (secondary N) is 1. The summed E-state index contributed by atoms with van der Waals surface area (Å²) < 4.78 is 5.05. The minimum Gasteiger partial charge on any atom is -0.385 e. The number of hydrogen-bond donors (Lipinski definition) is 1. The van der Waals surface area contributed by atoms with Crippen LogP contribution in [0.2, 0.25) is 0 Å². The molecule has 0 aliphatic carbocycles. The van der Waals surface area contributed by atoms with Gasteiger partial charge in [-0.2, -0.15) is 0 Å². The van der Waals surface area contributed by atoms with Crippen LogP contribution in [0.1, 0.15) is 25.7 Å². The van der Waals surface area contributed by atoms with E-state index in [1.807, 2.05) is 0 Å². The number of nitrogens with zero attached hydrogens (tertiary/aromatic N) is 2. The minimum absolute atomic E-state index is 0.861. The van der Waals surface area contributed by atoms with E-state index in [2.05, 4.69) is 22.2 Å². The van der Waals surface area contributed by atoms with E-state index >= 15 is 0 Å². The van der Waals surface area contributed by atoms with Crippen molar-refractivity contribution < 1.29 is 4.74 Å². The van der Waals surface area contributed by atoms with Gasteiger partial charge in [-0.25, -0.2) is 0 Å². The molecule has 2 saturated heterocycles. The standard InChI is InChI=1S/C15H31N3O/c1-17-9-3-5-14-13-18(10-6-15(14)17)11-8-16-7-4-12-19-2/h14-16H,3-13H2,1-2H3. The van der Waals surface area contributed by atoms with Gasteiger partial charge in [0.15, 0.2) is 0 Å². The zero-order valence-electron chi connectivity index (χ0n) is 12.7. The Labute approximate surface area is 118 Å². The lowest BCUT2D eigenvalue weighted by Crippen LogP contribution is -2.53.